The van der Waals surface area contributed by atoms with Gasteiger partial charge in [-0.1, -0.05) is 26.7 Å². The summed E-state index contributed by atoms with van der Waals surface area (Å²) in [5, 5.41) is 2.76. The van der Waals surface area contributed by atoms with Gasteiger partial charge in [0.05, 0.1) is 0 Å². The van der Waals surface area contributed by atoms with Crippen LogP contribution >= 0.6 is 11.6 Å². The first kappa shape index (κ1) is 10.8. The lowest BCUT2D eigenvalue weighted by Gasteiger charge is -2.11. The highest BCUT2D eigenvalue weighted by atomic mass is 35.5. The Kier molecular flexibility index (Phi) is 6.33. The summed E-state index contributed by atoms with van der Waals surface area (Å²) in [6, 6.07) is 0. The summed E-state index contributed by atoms with van der Waals surface area (Å²) in [7, 11) is 0. The van der Waals surface area contributed by atoms with Crippen LogP contribution < -0.4 is 5.32 Å². The van der Waals surface area contributed by atoms with Gasteiger partial charge in [0.15, 0.2) is 0 Å². The molecule has 0 aromatic heterocycles. The van der Waals surface area contributed by atoms with Crippen molar-refractivity contribution in [1.82, 2.24) is 5.32 Å². The van der Waals surface area contributed by atoms with Crippen molar-refractivity contribution in [3.8, 4) is 0 Å². The third-order valence-corrected chi connectivity index (χ3v) is 2.11. The minimum Gasteiger partial charge on any atom is -0.355 e. The van der Waals surface area contributed by atoms with Gasteiger partial charge in [0.2, 0.25) is 5.91 Å². The molecule has 0 fully saturated rings. The lowest BCUT2D eigenvalue weighted by Crippen LogP contribution is -2.29. The van der Waals surface area contributed by atoms with Crippen LogP contribution in [-0.4, -0.2) is 18.3 Å². The Bertz CT molecular complexity index is 113. The molecule has 0 aliphatic heterocycles. The van der Waals surface area contributed by atoms with Gasteiger partial charge in [0.25, 0.3) is 0 Å². The van der Waals surface area contributed by atoms with Crippen LogP contribution in [0.2, 0.25) is 0 Å². The van der Waals surface area contributed by atoms with E-state index in [9.17, 15) is 4.79 Å². The van der Waals surface area contributed by atoms with E-state index in [1.807, 2.05) is 0 Å². The maximum atomic E-state index is 10.7. The van der Waals surface area contributed by atoms with Crippen LogP contribution in [0, 0.1) is 5.92 Å². The zero-order valence-corrected chi connectivity index (χ0v) is 7.95. The highest BCUT2D eigenvalue weighted by Gasteiger charge is 2.04. The summed E-state index contributed by atoms with van der Waals surface area (Å²) in [4.78, 5) is 10.7. The molecule has 0 unspecified atom stereocenters. The maximum absolute atomic E-state index is 10.7. The quantitative estimate of drug-likeness (QED) is 0.638. The van der Waals surface area contributed by atoms with E-state index in [0.29, 0.717) is 5.92 Å². The molecule has 0 saturated heterocycles. The van der Waals surface area contributed by atoms with Crippen molar-refractivity contribution in [3.05, 3.63) is 0 Å². The minimum absolute atomic E-state index is 0.0696. The fourth-order valence-corrected chi connectivity index (χ4v) is 0.977. The molecule has 0 rings (SSSR count). The van der Waals surface area contributed by atoms with Gasteiger partial charge in [-0.2, -0.15) is 0 Å². The number of carbonyl (C=O) groups excluding carboxylic acids is 1. The van der Waals surface area contributed by atoms with Crippen molar-refractivity contribution in [2.24, 2.45) is 5.92 Å². The second-order valence-electron chi connectivity index (χ2n) is 2.62. The number of rotatable bonds is 5. The Morgan fingerprint density at radius 3 is 2.36 bits per heavy atom. The smallest absolute Gasteiger partial charge is 0.234 e. The van der Waals surface area contributed by atoms with Crippen LogP contribution in [-0.2, 0) is 4.79 Å². The Balaban J connectivity index is 3.42. The predicted molar refractivity (Wildman–Crippen MR) is 47.8 cm³/mol. The molecule has 0 saturated carbocycles. The molecule has 0 aliphatic rings. The lowest BCUT2D eigenvalue weighted by molar-refractivity contribution is -0.118. The van der Waals surface area contributed by atoms with Gasteiger partial charge in [-0.3, -0.25) is 4.79 Å². The number of hydrogen-bond donors (Lipinski definition) is 1. The van der Waals surface area contributed by atoms with Crippen LogP contribution in [0.15, 0.2) is 0 Å². The Morgan fingerprint density at radius 1 is 1.45 bits per heavy atom. The number of halogens is 1. The molecule has 0 spiro atoms. The van der Waals surface area contributed by atoms with Crippen LogP contribution in [0.4, 0.5) is 0 Å². The number of nitrogens with one attached hydrogen (secondary N) is 1. The summed E-state index contributed by atoms with van der Waals surface area (Å²) in [5.41, 5.74) is 0. The first-order chi connectivity index (χ1) is 5.24. The largest absolute Gasteiger partial charge is 0.355 e. The third kappa shape index (κ3) is 5.08. The van der Waals surface area contributed by atoms with Gasteiger partial charge < -0.3 is 5.32 Å². The molecular formula is C8H16ClNO. The predicted octanol–water partition coefficient (Wildman–Crippen LogP) is 1.78. The Labute approximate surface area is 73.3 Å². The molecule has 0 bridgehead atoms. The van der Waals surface area contributed by atoms with Crippen LogP contribution in [0.3, 0.4) is 0 Å². The van der Waals surface area contributed by atoms with Gasteiger partial charge in [-0.05, 0) is 5.92 Å². The van der Waals surface area contributed by atoms with Gasteiger partial charge in [-0.15, -0.1) is 11.6 Å². The SMILES string of the molecule is CCC(CC)CNC(=O)CCl. The molecule has 1 N–H and O–H groups in total. The van der Waals surface area contributed by atoms with Crippen LogP contribution in [0.25, 0.3) is 0 Å². The topological polar surface area (TPSA) is 29.1 Å². The minimum atomic E-state index is -0.0708. The van der Waals surface area contributed by atoms with Crippen molar-refractivity contribution in [3.63, 3.8) is 0 Å². The molecule has 0 aliphatic carbocycles. The van der Waals surface area contributed by atoms with Gasteiger partial charge >= 0.3 is 0 Å². The van der Waals surface area contributed by atoms with Crippen molar-refractivity contribution in [1.29, 1.82) is 0 Å². The normalized spacial score (nSPS) is 10.2. The molecule has 11 heavy (non-hydrogen) atoms. The highest BCUT2D eigenvalue weighted by Crippen LogP contribution is 2.04. The average molecular weight is 178 g/mol. The van der Waals surface area contributed by atoms with Gasteiger partial charge in [0.1, 0.15) is 5.88 Å². The van der Waals surface area contributed by atoms with E-state index in [2.05, 4.69) is 19.2 Å². The second-order valence-corrected chi connectivity index (χ2v) is 2.89. The molecule has 2 nitrogen and oxygen atoms in total. The van der Waals surface area contributed by atoms with Crippen LogP contribution in [0.1, 0.15) is 26.7 Å². The van der Waals surface area contributed by atoms with Crippen molar-refractivity contribution >= 4 is 17.5 Å². The fourth-order valence-electron chi connectivity index (χ4n) is 0.883. The Morgan fingerprint density at radius 2 is 2.00 bits per heavy atom. The summed E-state index contributed by atoms with van der Waals surface area (Å²) >= 11 is 5.31. The summed E-state index contributed by atoms with van der Waals surface area (Å²) in [6.45, 7) is 5.01. The zero-order chi connectivity index (χ0) is 8.69. The average Bonchev–Trinajstić information content (AvgIpc) is 2.06. The van der Waals surface area contributed by atoms with Gasteiger partial charge in [-0.25, -0.2) is 0 Å². The van der Waals surface area contributed by atoms with Crippen LogP contribution in [0.5, 0.6) is 0 Å². The van der Waals surface area contributed by atoms with Crippen molar-refractivity contribution in [2.75, 3.05) is 12.4 Å². The van der Waals surface area contributed by atoms with E-state index < -0.39 is 0 Å². The molecule has 0 aromatic rings. The zero-order valence-electron chi connectivity index (χ0n) is 7.19. The van der Waals surface area contributed by atoms with E-state index in [0.717, 1.165) is 19.4 Å². The monoisotopic (exact) mass is 177 g/mol. The lowest BCUT2D eigenvalue weighted by atomic mass is 10.0. The molecule has 0 radical (unpaired) electrons. The van der Waals surface area contributed by atoms with Gasteiger partial charge in [0, 0.05) is 6.54 Å². The van der Waals surface area contributed by atoms with E-state index in [1.165, 1.54) is 0 Å². The summed E-state index contributed by atoms with van der Waals surface area (Å²) in [5.74, 6) is 0.598. The number of hydrogen-bond acceptors (Lipinski definition) is 1. The molecule has 0 aromatic carbocycles. The summed E-state index contributed by atoms with van der Waals surface area (Å²) in [6.07, 6.45) is 2.22. The number of amides is 1. The number of alkyl halides is 1. The molecular weight excluding hydrogens is 162 g/mol. The van der Waals surface area contributed by atoms with Crippen molar-refractivity contribution < 1.29 is 4.79 Å². The molecule has 0 atom stereocenters. The highest BCUT2D eigenvalue weighted by molar-refractivity contribution is 6.27. The Hall–Kier alpha value is -0.240. The standard InChI is InChI=1S/C8H16ClNO/c1-3-7(4-2)6-10-8(11)5-9/h7H,3-6H2,1-2H3,(H,10,11). The first-order valence-electron chi connectivity index (χ1n) is 4.07. The van der Waals surface area contributed by atoms with E-state index >= 15 is 0 Å². The van der Waals surface area contributed by atoms with E-state index in [-0.39, 0.29) is 11.8 Å². The van der Waals surface area contributed by atoms with Crippen molar-refractivity contribution in [2.45, 2.75) is 26.7 Å². The molecule has 3 heteroatoms. The molecule has 1 amide bonds. The second kappa shape index (κ2) is 6.47. The third-order valence-electron chi connectivity index (χ3n) is 1.86. The maximum Gasteiger partial charge on any atom is 0.234 e. The molecule has 0 heterocycles. The summed E-state index contributed by atoms with van der Waals surface area (Å²) < 4.78 is 0. The van der Waals surface area contributed by atoms with E-state index in [4.69, 9.17) is 11.6 Å². The number of carbonyl (C=O) groups is 1. The molecule has 66 valence electrons. The van der Waals surface area contributed by atoms with E-state index in [1.54, 1.807) is 0 Å². The fraction of sp³-hybridized carbons (Fsp3) is 0.875. The first-order valence-corrected chi connectivity index (χ1v) is 4.60.